The number of aryl methyl sites for hydroxylation is 1. The summed E-state index contributed by atoms with van der Waals surface area (Å²) in [5.41, 5.74) is 5.65. The van der Waals surface area contributed by atoms with Gasteiger partial charge in [-0.1, -0.05) is 13.8 Å². The molecule has 0 unspecified atom stereocenters. The molecule has 1 aliphatic rings. The zero-order valence-electron chi connectivity index (χ0n) is 13.6. The lowest BCUT2D eigenvalue weighted by Gasteiger charge is -2.21. The first-order valence-electron chi connectivity index (χ1n) is 8.00. The molecule has 0 fully saturated rings. The van der Waals surface area contributed by atoms with E-state index in [1.807, 2.05) is 25.4 Å². The molecule has 0 aliphatic carbocycles. The van der Waals surface area contributed by atoms with Crippen LogP contribution in [0.5, 0.6) is 0 Å². The Morgan fingerprint density at radius 3 is 2.91 bits per heavy atom. The Morgan fingerprint density at radius 2 is 2.14 bits per heavy atom. The van der Waals surface area contributed by atoms with E-state index >= 15 is 0 Å². The van der Waals surface area contributed by atoms with E-state index in [0.29, 0.717) is 5.92 Å². The predicted octanol–water partition coefficient (Wildman–Crippen LogP) is 3.34. The molecule has 3 rings (SSSR count). The van der Waals surface area contributed by atoms with Crippen LogP contribution < -0.4 is 5.32 Å². The van der Waals surface area contributed by atoms with Crippen LogP contribution in [0.1, 0.15) is 25.1 Å². The molecule has 116 valence electrons. The van der Waals surface area contributed by atoms with Crippen LogP contribution in [0.2, 0.25) is 0 Å². The van der Waals surface area contributed by atoms with Gasteiger partial charge in [-0.15, -0.1) is 0 Å². The lowest BCUT2D eigenvalue weighted by Crippen LogP contribution is -2.29. The summed E-state index contributed by atoms with van der Waals surface area (Å²) < 4.78 is 0. The molecule has 3 heterocycles. The predicted molar refractivity (Wildman–Crippen MR) is 90.8 cm³/mol. The lowest BCUT2D eigenvalue weighted by atomic mass is 10.1. The number of anilines is 1. The summed E-state index contributed by atoms with van der Waals surface area (Å²) in [5, 5.41) is 3.56. The maximum absolute atomic E-state index is 4.66. The van der Waals surface area contributed by atoms with Crippen molar-refractivity contribution in [3.63, 3.8) is 0 Å². The summed E-state index contributed by atoms with van der Waals surface area (Å²) in [5.74, 6) is 0.688. The van der Waals surface area contributed by atoms with Crippen LogP contribution in [-0.4, -0.2) is 34.5 Å². The second kappa shape index (κ2) is 6.44. The van der Waals surface area contributed by atoms with Crippen molar-refractivity contribution in [2.75, 3.05) is 25.0 Å². The van der Waals surface area contributed by atoms with Crippen molar-refractivity contribution in [1.82, 2.24) is 14.9 Å². The summed E-state index contributed by atoms with van der Waals surface area (Å²) in [6.07, 6.45) is 3.86. The highest BCUT2D eigenvalue weighted by molar-refractivity contribution is 5.66. The van der Waals surface area contributed by atoms with Gasteiger partial charge in [-0.05, 0) is 31.0 Å². The topological polar surface area (TPSA) is 41.1 Å². The van der Waals surface area contributed by atoms with Crippen LogP contribution in [0, 0.1) is 12.8 Å². The maximum Gasteiger partial charge on any atom is 0.0723 e. The van der Waals surface area contributed by atoms with Gasteiger partial charge in [0.1, 0.15) is 0 Å². The minimum absolute atomic E-state index is 0.688. The third kappa shape index (κ3) is 3.45. The van der Waals surface area contributed by atoms with Crippen molar-refractivity contribution in [3.05, 3.63) is 41.9 Å². The fraction of sp³-hybridized carbons (Fsp3) is 0.444. The fourth-order valence-corrected chi connectivity index (χ4v) is 2.98. The summed E-state index contributed by atoms with van der Waals surface area (Å²) >= 11 is 0. The van der Waals surface area contributed by atoms with Gasteiger partial charge in [0.2, 0.25) is 0 Å². The number of pyridine rings is 2. The van der Waals surface area contributed by atoms with Crippen LogP contribution in [-0.2, 0) is 6.54 Å². The largest absolute Gasteiger partial charge is 0.383 e. The lowest BCUT2D eigenvalue weighted by molar-refractivity contribution is 0.248. The molecule has 0 saturated heterocycles. The molecule has 0 aromatic carbocycles. The van der Waals surface area contributed by atoms with Crippen molar-refractivity contribution >= 4 is 5.69 Å². The average molecular weight is 296 g/mol. The van der Waals surface area contributed by atoms with E-state index in [9.17, 15) is 0 Å². The number of hydrogen-bond donors (Lipinski definition) is 1. The third-order valence-corrected chi connectivity index (χ3v) is 3.94. The normalized spacial score (nSPS) is 15.3. The smallest absolute Gasteiger partial charge is 0.0723 e. The standard InChI is InChI=1S/C18H24N4/c1-13(2)11-22-7-6-20-18-9-17(21-10-16(18)12-22)15-4-5-19-14(3)8-15/h4-5,8-10,13,20H,6-7,11-12H2,1-3H3. The molecule has 22 heavy (non-hydrogen) atoms. The zero-order chi connectivity index (χ0) is 15.5. The van der Waals surface area contributed by atoms with E-state index in [2.05, 4.69) is 46.2 Å². The number of nitrogens with one attached hydrogen (secondary N) is 1. The number of hydrogen-bond acceptors (Lipinski definition) is 4. The van der Waals surface area contributed by atoms with Crippen molar-refractivity contribution in [2.24, 2.45) is 5.92 Å². The molecule has 0 amide bonds. The molecular formula is C18H24N4. The zero-order valence-corrected chi connectivity index (χ0v) is 13.6. The average Bonchev–Trinajstić information content (AvgIpc) is 2.67. The third-order valence-electron chi connectivity index (χ3n) is 3.94. The number of fused-ring (bicyclic) bond motifs is 1. The monoisotopic (exact) mass is 296 g/mol. The number of aromatic nitrogens is 2. The van der Waals surface area contributed by atoms with Crippen molar-refractivity contribution in [2.45, 2.75) is 27.3 Å². The van der Waals surface area contributed by atoms with E-state index < -0.39 is 0 Å². The molecule has 1 N–H and O–H groups in total. The Labute approximate surface area is 132 Å². The van der Waals surface area contributed by atoms with Crippen molar-refractivity contribution in [3.8, 4) is 11.3 Å². The van der Waals surface area contributed by atoms with Crippen LogP contribution in [0.3, 0.4) is 0 Å². The molecule has 0 radical (unpaired) electrons. The molecule has 0 bridgehead atoms. The van der Waals surface area contributed by atoms with Crippen LogP contribution in [0.15, 0.2) is 30.6 Å². The highest BCUT2D eigenvalue weighted by Gasteiger charge is 2.16. The quantitative estimate of drug-likeness (QED) is 0.943. The van der Waals surface area contributed by atoms with Gasteiger partial charge in [0.25, 0.3) is 0 Å². The van der Waals surface area contributed by atoms with E-state index in [0.717, 1.165) is 43.1 Å². The second-order valence-corrected chi connectivity index (χ2v) is 6.47. The first-order valence-corrected chi connectivity index (χ1v) is 8.00. The van der Waals surface area contributed by atoms with Gasteiger partial charge in [-0.25, -0.2) is 0 Å². The minimum atomic E-state index is 0.688. The van der Waals surface area contributed by atoms with E-state index in [1.165, 1.54) is 11.3 Å². The summed E-state index contributed by atoms with van der Waals surface area (Å²) in [6.45, 7) is 10.7. The van der Waals surface area contributed by atoms with Gasteiger partial charge in [-0.2, -0.15) is 0 Å². The van der Waals surface area contributed by atoms with Crippen LogP contribution >= 0.6 is 0 Å². The minimum Gasteiger partial charge on any atom is -0.383 e. The maximum atomic E-state index is 4.66. The molecule has 2 aromatic rings. The molecule has 0 spiro atoms. The highest BCUT2D eigenvalue weighted by Crippen LogP contribution is 2.26. The second-order valence-electron chi connectivity index (χ2n) is 6.47. The van der Waals surface area contributed by atoms with Crippen molar-refractivity contribution < 1.29 is 0 Å². The van der Waals surface area contributed by atoms with Crippen molar-refractivity contribution in [1.29, 1.82) is 0 Å². The molecule has 2 aromatic heterocycles. The van der Waals surface area contributed by atoms with Crippen LogP contribution in [0.25, 0.3) is 11.3 Å². The van der Waals surface area contributed by atoms with E-state index in [4.69, 9.17) is 0 Å². The summed E-state index contributed by atoms with van der Waals surface area (Å²) in [4.78, 5) is 11.4. The van der Waals surface area contributed by atoms with Gasteiger partial charge in [0.15, 0.2) is 0 Å². The van der Waals surface area contributed by atoms with Gasteiger partial charge < -0.3 is 5.32 Å². The van der Waals surface area contributed by atoms with Gasteiger partial charge in [0.05, 0.1) is 5.69 Å². The molecule has 0 saturated carbocycles. The van der Waals surface area contributed by atoms with Crippen LogP contribution in [0.4, 0.5) is 5.69 Å². The Kier molecular flexibility index (Phi) is 4.39. The summed E-state index contributed by atoms with van der Waals surface area (Å²) in [7, 11) is 0. The number of rotatable bonds is 3. The number of nitrogens with zero attached hydrogens (tertiary/aromatic N) is 3. The molecule has 4 heteroatoms. The Balaban J connectivity index is 1.86. The Morgan fingerprint density at radius 1 is 1.27 bits per heavy atom. The van der Waals surface area contributed by atoms with Gasteiger partial charge >= 0.3 is 0 Å². The SMILES string of the molecule is Cc1cc(-c2cc3c(cn2)CN(CC(C)C)CCN3)ccn1. The molecule has 4 nitrogen and oxygen atoms in total. The molecule has 0 atom stereocenters. The highest BCUT2D eigenvalue weighted by atomic mass is 15.2. The van der Waals surface area contributed by atoms with Gasteiger partial charge in [0, 0.05) is 61.1 Å². The first kappa shape index (κ1) is 15.0. The van der Waals surface area contributed by atoms with E-state index in [1.54, 1.807) is 0 Å². The Hall–Kier alpha value is -1.94. The van der Waals surface area contributed by atoms with E-state index in [-0.39, 0.29) is 0 Å². The Bertz CT molecular complexity index is 651. The molecular weight excluding hydrogens is 272 g/mol. The fourth-order valence-electron chi connectivity index (χ4n) is 2.98. The molecule has 1 aliphatic heterocycles. The first-order chi connectivity index (χ1) is 10.6. The summed E-state index contributed by atoms with van der Waals surface area (Å²) in [6, 6.07) is 6.27. The van der Waals surface area contributed by atoms with Gasteiger partial charge in [-0.3, -0.25) is 14.9 Å².